The summed E-state index contributed by atoms with van der Waals surface area (Å²) >= 11 is 0. The molecule has 0 aromatic heterocycles. The molecule has 1 aliphatic rings. The number of carbonyl (C=O) groups excluding carboxylic acids is 1. The summed E-state index contributed by atoms with van der Waals surface area (Å²) in [5, 5.41) is 2.88. The topological polar surface area (TPSA) is 29.1 Å². The predicted molar refractivity (Wildman–Crippen MR) is 67.8 cm³/mol. The highest BCUT2D eigenvalue weighted by Gasteiger charge is 2.24. The molecular formula is C14H21NO. The number of hydrogen-bond acceptors (Lipinski definition) is 1. The third-order valence-electron chi connectivity index (χ3n) is 2.83. The van der Waals surface area contributed by atoms with E-state index in [0.29, 0.717) is 12.5 Å². The summed E-state index contributed by atoms with van der Waals surface area (Å²) in [5.41, 5.74) is 4.48. The molecule has 0 saturated carbocycles. The van der Waals surface area contributed by atoms with Crippen LogP contribution in [-0.4, -0.2) is 5.91 Å². The molecule has 1 aromatic rings. The van der Waals surface area contributed by atoms with E-state index in [1.165, 1.54) is 11.1 Å². The molecule has 88 valence electrons. The van der Waals surface area contributed by atoms with Crippen LogP contribution in [0, 0.1) is 6.92 Å². The van der Waals surface area contributed by atoms with Gasteiger partial charge in [0.2, 0.25) is 0 Å². The summed E-state index contributed by atoms with van der Waals surface area (Å²) in [6.07, 6.45) is 0. The molecule has 0 atom stereocenters. The number of fused-ring (bicyclic) bond motifs is 1. The maximum Gasteiger partial charge on any atom is 0.252 e. The van der Waals surface area contributed by atoms with Crippen molar-refractivity contribution in [1.82, 2.24) is 5.32 Å². The van der Waals surface area contributed by atoms with E-state index >= 15 is 0 Å². The van der Waals surface area contributed by atoms with Crippen molar-refractivity contribution in [3.8, 4) is 0 Å². The second kappa shape index (κ2) is 5.15. The van der Waals surface area contributed by atoms with Gasteiger partial charge in [-0.3, -0.25) is 4.79 Å². The number of carbonyl (C=O) groups is 1. The van der Waals surface area contributed by atoms with Crippen LogP contribution in [0.3, 0.4) is 0 Å². The Morgan fingerprint density at radius 3 is 2.44 bits per heavy atom. The quantitative estimate of drug-likeness (QED) is 0.770. The van der Waals surface area contributed by atoms with E-state index < -0.39 is 0 Å². The maximum atomic E-state index is 11.6. The van der Waals surface area contributed by atoms with Gasteiger partial charge in [0.05, 0.1) is 0 Å². The Morgan fingerprint density at radius 2 is 1.88 bits per heavy atom. The number of aryl methyl sites for hydroxylation is 1. The highest BCUT2D eigenvalue weighted by Crippen LogP contribution is 2.28. The third-order valence-corrected chi connectivity index (χ3v) is 2.83. The molecule has 1 amide bonds. The Labute approximate surface area is 98.1 Å². The van der Waals surface area contributed by atoms with Crippen LogP contribution in [0.2, 0.25) is 0 Å². The SMILES string of the molecule is CC.Cc1ccc(C(C)C)c2c1C(=O)NC2. The number of hydrogen-bond donors (Lipinski definition) is 1. The van der Waals surface area contributed by atoms with Gasteiger partial charge in [-0.25, -0.2) is 0 Å². The standard InChI is InChI=1S/C12H15NO.C2H6/c1-7(2)9-5-4-8(3)11-10(9)6-13-12(11)14;1-2/h4-5,7H,6H2,1-3H3,(H,13,14);1-2H3. The zero-order valence-electron chi connectivity index (χ0n) is 10.8. The summed E-state index contributed by atoms with van der Waals surface area (Å²) in [4.78, 5) is 11.6. The largest absolute Gasteiger partial charge is 0.348 e. The molecule has 0 fully saturated rings. The first kappa shape index (κ1) is 12.8. The minimum absolute atomic E-state index is 0.0833. The Bertz CT molecular complexity index is 394. The predicted octanol–water partition coefficient (Wildman–Crippen LogP) is 3.39. The molecule has 0 aliphatic carbocycles. The lowest BCUT2D eigenvalue weighted by Crippen LogP contribution is -2.13. The van der Waals surface area contributed by atoms with Crippen LogP contribution in [0.15, 0.2) is 12.1 Å². The van der Waals surface area contributed by atoms with Gasteiger partial charge >= 0.3 is 0 Å². The lowest BCUT2D eigenvalue weighted by atomic mass is 9.92. The molecule has 16 heavy (non-hydrogen) atoms. The molecule has 1 N–H and O–H groups in total. The van der Waals surface area contributed by atoms with Gasteiger partial charge in [0, 0.05) is 12.1 Å². The molecule has 1 aliphatic heterocycles. The Balaban J connectivity index is 0.000000606. The first-order valence-electron chi connectivity index (χ1n) is 6.02. The molecule has 0 saturated heterocycles. The molecule has 1 aromatic carbocycles. The Hall–Kier alpha value is -1.31. The fourth-order valence-electron chi connectivity index (χ4n) is 2.09. The first-order valence-corrected chi connectivity index (χ1v) is 6.02. The van der Waals surface area contributed by atoms with E-state index in [0.717, 1.165) is 11.1 Å². The summed E-state index contributed by atoms with van der Waals surface area (Å²) in [7, 11) is 0. The number of benzene rings is 1. The van der Waals surface area contributed by atoms with Crippen molar-refractivity contribution in [1.29, 1.82) is 0 Å². The van der Waals surface area contributed by atoms with Gasteiger partial charge in [-0.1, -0.05) is 39.8 Å². The number of rotatable bonds is 1. The monoisotopic (exact) mass is 219 g/mol. The van der Waals surface area contributed by atoms with E-state index in [-0.39, 0.29) is 5.91 Å². The lowest BCUT2D eigenvalue weighted by Gasteiger charge is -2.11. The van der Waals surface area contributed by atoms with Crippen LogP contribution in [0.1, 0.15) is 60.7 Å². The lowest BCUT2D eigenvalue weighted by molar-refractivity contribution is 0.0965. The summed E-state index contributed by atoms with van der Waals surface area (Å²) < 4.78 is 0. The van der Waals surface area contributed by atoms with Gasteiger partial charge in [-0.15, -0.1) is 0 Å². The minimum atomic E-state index is 0.0833. The van der Waals surface area contributed by atoms with Gasteiger partial charge in [0.25, 0.3) is 5.91 Å². The number of amides is 1. The van der Waals surface area contributed by atoms with Crippen molar-refractivity contribution < 1.29 is 4.79 Å². The zero-order valence-corrected chi connectivity index (χ0v) is 10.8. The minimum Gasteiger partial charge on any atom is -0.348 e. The highest BCUT2D eigenvalue weighted by atomic mass is 16.1. The van der Waals surface area contributed by atoms with E-state index in [1.807, 2.05) is 26.8 Å². The van der Waals surface area contributed by atoms with Gasteiger partial charge < -0.3 is 5.32 Å². The summed E-state index contributed by atoms with van der Waals surface area (Å²) in [6.45, 7) is 11.0. The molecular weight excluding hydrogens is 198 g/mol. The van der Waals surface area contributed by atoms with Crippen molar-refractivity contribution >= 4 is 5.91 Å². The zero-order chi connectivity index (χ0) is 12.3. The van der Waals surface area contributed by atoms with E-state index in [9.17, 15) is 4.79 Å². The molecule has 0 bridgehead atoms. The molecule has 2 nitrogen and oxygen atoms in total. The normalized spacial score (nSPS) is 13.0. The van der Waals surface area contributed by atoms with Gasteiger partial charge in [0.1, 0.15) is 0 Å². The van der Waals surface area contributed by atoms with Gasteiger partial charge in [0.15, 0.2) is 0 Å². The first-order chi connectivity index (χ1) is 7.61. The van der Waals surface area contributed by atoms with Crippen LogP contribution in [0.5, 0.6) is 0 Å². The Kier molecular flexibility index (Phi) is 4.11. The fraction of sp³-hybridized carbons (Fsp3) is 0.500. The molecule has 0 unspecified atom stereocenters. The second-order valence-corrected chi connectivity index (χ2v) is 4.16. The summed E-state index contributed by atoms with van der Waals surface area (Å²) in [6, 6.07) is 4.18. The van der Waals surface area contributed by atoms with E-state index in [1.54, 1.807) is 0 Å². The van der Waals surface area contributed by atoms with Crippen molar-refractivity contribution in [3.63, 3.8) is 0 Å². The second-order valence-electron chi connectivity index (χ2n) is 4.16. The smallest absolute Gasteiger partial charge is 0.252 e. The van der Waals surface area contributed by atoms with Crippen molar-refractivity contribution in [2.45, 2.75) is 47.1 Å². The van der Waals surface area contributed by atoms with Crippen LogP contribution >= 0.6 is 0 Å². The molecule has 0 radical (unpaired) electrons. The van der Waals surface area contributed by atoms with Gasteiger partial charge in [-0.2, -0.15) is 0 Å². The van der Waals surface area contributed by atoms with Crippen molar-refractivity contribution in [2.24, 2.45) is 0 Å². The van der Waals surface area contributed by atoms with Crippen molar-refractivity contribution in [3.05, 3.63) is 34.4 Å². The maximum absolute atomic E-state index is 11.6. The number of nitrogens with one attached hydrogen (secondary N) is 1. The molecule has 2 rings (SSSR count). The van der Waals surface area contributed by atoms with E-state index in [4.69, 9.17) is 0 Å². The van der Waals surface area contributed by atoms with Crippen LogP contribution in [0.4, 0.5) is 0 Å². The van der Waals surface area contributed by atoms with Crippen LogP contribution < -0.4 is 5.32 Å². The van der Waals surface area contributed by atoms with Crippen LogP contribution in [-0.2, 0) is 6.54 Å². The average molecular weight is 219 g/mol. The van der Waals surface area contributed by atoms with Gasteiger partial charge in [-0.05, 0) is 29.5 Å². The molecule has 2 heteroatoms. The molecule has 1 heterocycles. The van der Waals surface area contributed by atoms with Crippen LogP contribution in [0.25, 0.3) is 0 Å². The Morgan fingerprint density at radius 1 is 1.25 bits per heavy atom. The average Bonchev–Trinajstić information content (AvgIpc) is 2.65. The highest BCUT2D eigenvalue weighted by molar-refractivity contribution is 6.00. The molecule has 0 spiro atoms. The third kappa shape index (κ3) is 2.11. The van der Waals surface area contributed by atoms with Crippen molar-refractivity contribution in [2.75, 3.05) is 0 Å². The summed E-state index contributed by atoms with van der Waals surface area (Å²) in [5.74, 6) is 0.567. The fourth-order valence-corrected chi connectivity index (χ4v) is 2.09. The van der Waals surface area contributed by atoms with E-state index in [2.05, 4.69) is 25.2 Å².